The van der Waals surface area contributed by atoms with Gasteiger partial charge in [-0.3, -0.25) is 4.79 Å². The monoisotopic (exact) mass is 702 g/mol. The Balaban J connectivity index is 1.26. The summed E-state index contributed by atoms with van der Waals surface area (Å²) in [4.78, 5) is 27.2. The third kappa shape index (κ3) is 11.2. The first-order valence-corrected chi connectivity index (χ1v) is 18.1. The first kappa shape index (κ1) is 38.1. The highest BCUT2D eigenvalue weighted by Crippen LogP contribution is 2.38. The number of amides is 2. The molecule has 10 heteroatoms. The van der Waals surface area contributed by atoms with Gasteiger partial charge in [0.2, 0.25) is 5.91 Å². The maximum absolute atomic E-state index is 13.2. The van der Waals surface area contributed by atoms with Crippen molar-refractivity contribution >= 4 is 17.7 Å². The van der Waals surface area contributed by atoms with Crippen molar-refractivity contribution in [1.29, 1.82) is 0 Å². The van der Waals surface area contributed by atoms with Gasteiger partial charge in [-0.05, 0) is 99.4 Å². The minimum absolute atomic E-state index is 0.0286. The smallest absolute Gasteiger partial charge is 0.410 e. The summed E-state index contributed by atoms with van der Waals surface area (Å²) in [6.07, 6.45) is 3.33. The van der Waals surface area contributed by atoms with Crippen LogP contribution < -0.4 is 14.8 Å². The number of para-hydroxylation sites is 1. The maximum Gasteiger partial charge on any atom is 0.410 e. The van der Waals surface area contributed by atoms with E-state index in [1.165, 1.54) is 0 Å². The zero-order valence-electron chi connectivity index (χ0n) is 30.8. The Morgan fingerprint density at radius 3 is 2.53 bits per heavy atom. The van der Waals surface area contributed by atoms with Gasteiger partial charge < -0.3 is 38.6 Å². The van der Waals surface area contributed by atoms with E-state index in [-0.39, 0.29) is 30.1 Å². The quantitative estimate of drug-likeness (QED) is 0.153. The number of methoxy groups -OCH3 is 2. The number of nitrogens with one attached hydrogen (secondary N) is 1. The minimum Gasteiger partial charge on any atom is -0.496 e. The van der Waals surface area contributed by atoms with Crippen LogP contribution in [0.15, 0.2) is 66.7 Å². The van der Waals surface area contributed by atoms with Gasteiger partial charge in [-0.1, -0.05) is 42.5 Å². The van der Waals surface area contributed by atoms with Gasteiger partial charge in [0.15, 0.2) is 0 Å². The predicted molar refractivity (Wildman–Crippen MR) is 197 cm³/mol. The van der Waals surface area contributed by atoms with Crippen molar-refractivity contribution < 1.29 is 38.0 Å². The molecule has 2 heterocycles. The molecular formula is C41H54N2O8. The number of hydrogen-bond acceptors (Lipinski definition) is 8. The standard InChI is InChI=1S/C41H54N2O8/c1-41(2,3)51-40(45)43-22-20-34(29-14-17-33(18-15-29)49-26-25-48-24-21-31-9-6-7-10-36(31)47-5)38(28-43)50-37(11-8-23-46-4)32-13-12-30-16-19-39(44)42-35(30)27-32/h6-7,9-10,12-15,17-18,27,34,37-38H,8,11,16,19-26,28H2,1-5H3,(H,42,44). The van der Waals surface area contributed by atoms with E-state index in [1.54, 1.807) is 19.1 Å². The van der Waals surface area contributed by atoms with Gasteiger partial charge in [0, 0.05) is 38.3 Å². The van der Waals surface area contributed by atoms with E-state index in [2.05, 4.69) is 29.6 Å². The molecule has 1 fully saturated rings. The number of benzene rings is 3. The van der Waals surface area contributed by atoms with Crippen LogP contribution in [0.3, 0.4) is 0 Å². The van der Waals surface area contributed by atoms with Gasteiger partial charge in [0.1, 0.15) is 23.7 Å². The van der Waals surface area contributed by atoms with Crippen LogP contribution in [0.5, 0.6) is 11.5 Å². The second-order valence-corrected chi connectivity index (χ2v) is 14.2. The largest absolute Gasteiger partial charge is 0.496 e. The van der Waals surface area contributed by atoms with Crippen molar-refractivity contribution in [2.24, 2.45) is 0 Å². The number of anilines is 1. The molecule has 0 saturated carbocycles. The highest BCUT2D eigenvalue weighted by molar-refractivity contribution is 5.94. The summed E-state index contributed by atoms with van der Waals surface area (Å²) in [5, 5.41) is 3.03. The second-order valence-electron chi connectivity index (χ2n) is 14.2. The van der Waals surface area contributed by atoms with Gasteiger partial charge in [0.25, 0.3) is 0 Å². The lowest BCUT2D eigenvalue weighted by atomic mass is 9.86. The number of nitrogens with zero attached hydrogens (tertiary/aromatic N) is 1. The molecule has 51 heavy (non-hydrogen) atoms. The summed E-state index contributed by atoms with van der Waals surface area (Å²) in [7, 11) is 3.38. The lowest BCUT2D eigenvalue weighted by Crippen LogP contribution is -2.48. The molecule has 276 valence electrons. The zero-order valence-corrected chi connectivity index (χ0v) is 30.8. The predicted octanol–water partition coefficient (Wildman–Crippen LogP) is 7.50. The van der Waals surface area contributed by atoms with Crippen LogP contribution in [0, 0.1) is 0 Å². The first-order chi connectivity index (χ1) is 24.6. The Bertz CT molecular complexity index is 1570. The normalized spacial score (nSPS) is 18.1. The fourth-order valence-electron chi connectivity index (χ4n) is 6.68. The Hall–Kier alpha value is -4.12. The zero-order chi connectivity index (χ0) is 36.2. The first-order valence-electron chi connectivity index (χ1n) is 18.1. The summed E-state index contributed by atoms with van der Waals surface area (Å²) in [6.45, 7) is 8.70. The summed E-state index contributed by atoms with van der Waals surface area (Å²) in [5.74, 6) is 1.71. The molecule has 0 bridgehead atoms. The van der Waals surface area contributed by atoms with Crippen molar-refractivity contribution in [2.45, 2.75) is 83.0 Å². The highest BCUT2D eigenvalue weighted by Gasteiger charge is 2.37. The average molecular weight is 703 g/mol. The van der Waals surface area contributed by atoms with Crippen LogP contribution >= 0.6 is 0 Å². The molecule has 0 spiro atoms. The van der Waals surface area contributed by atoms with Crippen LogP contribution in [-0.2, 0) is 36.6 Å². The summed E-state index contributed by atoms with van der Waals surface area (Å²) < 4.78 is 35.4. The molecule has 0 radical (unpaired) electrons. The van der Waals surface area contributed by atoms with Crippen LogP contribution in [0.1, 0.15) is 80.7 Å². The van der Waals surface area contributed by atoms with Crippen molar-refractivity contribution in [3.63, 3.8) is 0 Å². The summed E-state index contributed by atoms with van der Waals surface area (Å²) >= 11 is 0. The van der Waals surface area contributed by atoms with E-state index in [9.17, 15) is 9.59 Å². The molecule has 3 atom stereocenters. The Labute approximate surface area is 302 Å². The third-order valence-corrected chi connectivity index (χ3v) is 9.28. The molecule has 3 aromatic rings. The minimum atomic E-state index is -0.600. The molecule has 5 rings (SSSR count). The molecule has 0 aliphatic carbocycles. The number of piperidine rings is 1. The second kappa shape index (κ2) is 18.4. The Kier molecular flexibility index (Phi) is 13.7. The van der Waals surface area contributed by atoms with E-state index in [1.807, 2.05) is 63.2 Å². The molecule has 3 unspecified atom stereocenters. The topological polar surface area (TPSA) is 105 Å². The van der Waals surface area contributed by atoms with E-state index < -0.39 is 5.60 Å². The lowest BCUT2D eigenvalue weighted by molar-refractivity contribution is -0.116. The van der Waals surface area contributed by atoms with Gasteiger partial charge in [-0.15, -0.1) is 0 Å². The molecule has 2 amide bonds. The van der Waals surface area contributed by atoms with Crippen molar-refractivity contribution in [1.82, 2.24) is 4.90 Å². The number of aryl methyl sites for hydroxylation is 1. The molecular weight excluding hydrogens is 648 g/mol. The number of carbonyl (C=O) groups excluding carboxylic acids is 2. The molecule has 2 aliphatic rings. The molecule has 1 saturated heterocycles. The van der Waals surface area contributed by atoms with E-state index in [0.717, 1.165) is 71.5 Å². The Morgan fingerprint density at radius 2 is 1.76 bits per heavy atom. The van der Waals surface area contributed by atoms with Crippen molar-refractivity contribution in [3.8, 4) is 11.5 Å². The van der Waals surface area contributed by atoms with Crippen LogP contribution in [-0.4, -0.2) is 82.3 Å². The van der Waals surface area contributed by atoms with Gasteiger partial charge >= 0.3 is 6.09 Å². The number of likely N-dealkylation sites (tertiary alicyclic amines) is 1. The number of rotatable bonds is 16. The Morgan fingerprint density at radius 1 is 0.961 bits per heavy atom. The van der Waals surface area contributed by atoms with E-state index >= 15 is 0 Å². The molecule has 10 nitrogen and oxygen atoms in total. The summed E-state index contributed by atoms with van der Waals surface area (Å²) in [5.41, 5.74) is 4.61. The van der Waals surface area contributed by atoms with Gasteiger partial charge in [-0.2, -0.15) is 0 Å². The van der Waals surface area contributed by atoms with Crippen molar-refractivity contribution in [2.75, 3.05) is 59.1 Å². The number of carbonyl (C=O) groups is 2. The number of hydrogen-bond donors (Lipinski definition) is 1. The number of fused-ring (bicyclic) bond motifs is 1. The van der Waals surface area contributed by atoms with Crippen LogP contribution in [0.25, 0.3) is 0 Å². The molecule has 3 aromatic carbocycles. The van der Waals surface area contributed by atoms with E-state index in [4.69, 9.17) is 28.4 Å². The molecule has 2 aliphatic heterocycles. The van der Waals surface area contributed by atoms with Crippen molar-refractivity contribution in [3.05, 3.63) is 89.0 Å². The maximum atomic E-state index is 13.2. The van der Waals surface area contributed by atoms with Gasteiger partial charge in [-0.25, -0.2) is 4.79 Å². The third-order valence-electron chi connectivity index (χ3n) is 9.28. The summed E-state index contributed by atoms with van der Waals surface area (Å²) in [6, 6.07) is 22.4. The average Bonchev–Trinajstić information content (AvgIpc) is 3.12. The van der Waals surface area contributed by atoms with E-state index in [0.29, 0.717) is 45.9 Å². The SMILES string of the molecule is COCCCC(OC1CN(C(=O)OC(C)(C)C)CCC1c1ccc(OCCOCCc2ccccc2OC)cc1)c1ccc2c(c1)NC(=O)CC2. The van der Waals surface area contributed by atoms with Gasteiger partial charge in [0.05, 0.1) is 39.1 Å². The highest BCUT2D eigenvalue weighted by atomic mass is 16.6. The fourth-order valence-corrected chi connectivity index (χ4v) is 6.68. The lowest BCUT2D eigenvalue weighted by Gasteiger charge is -2.40. The molecule has 1 N–H and O–H groups in total. The van der Waals surface area contributed by atoms with Crippen LogP contribution in [0.4, 0.5) is 10.5 Å². The fraction of sp³-hybridized carbons (Fsp3) is 0.512. The number of ether oxygens (including phenoxy) is 6. The molecule has 0 aromatic heterocycles. The van der Waals surface area contributed by atoms with Crippen LogP contribution in [0.2, 0.25) is 0 Å².